The molecule has 0 spiro atoms. The Labute approximate surface area is 304 Å². The van der Waals surface area contributed by atoms with E-state index in [1.54, 1.807) is 41.4 Å². The summed E-state index contributed by atoms with van der Waals surface area (Å²) in [5.41, 5.74) is 2.84. The number of nitrogens with one attached hydrogen (secondary N) is 4. The van der Waals surface area contributed by atoms with E-state index in [1.807, 2.05) is 34.2 Å². The number of hydrogen-bond donors (Lipinski definition) is 5. The number of carbonyl (C=O) groups excluding carboxylic acids is 4. The summed E-state index contributed by atoms with van der Waals surface area (Å²) in [5, 5.41) is 30.3. The molecule has 53 heavy (non-hydrogen) atoms. The van der Waals surface area contributed by atoms with Gasteiger partial charge in [-0.15, -0.1) is 0 Å². The Morgan fingerprint density at radius 3 is 1.94 bits per heavy atom. The molecule has 4 rings (SSSR count). The van der Waals surface area contributed by atoms with Crippen LogP contribution in [0, 0.1) is 0 Å². The van der Waals surface area contributed by atoms with Crippen LogP contribution in [-0.2, 0) is 14.2 Å². The van der Waals surface area contributed by atoms with Gasteiger partial charge in [-0.05, 0) is 30.0 Å². The Kier molecular flexibility index (Phi) is 15.5. The molecule has 1 aliphatic carbocycles. The molecule has 1 aliphatic heterocycles. The number of hydrogen-bond acceptors (Lipinski definition) is 11. The van der Waals surface area contributed by atoms with Gasteiger partial charge in [0.1, 0.15) is 18.0 Å². The Balaban J connectivity index is 0.00000141. The summed E-state index contributed by atoms with van der Waals surface area (Å²) in [7, 11) is 5.74. The van der Waals surface area contributed by atoms with E-state index in [1.165, 1.54) is 34.3 Å². The zero-order valence-corrected chi connectivity index (χ0v) is 29.7. The number of ether oxygens (including phenoxy) is 3. The lowest BCUT2D eigenvalue weighted by Gasteiger charge is -2.22. The molecule has 0 aromatic heterocycles. The number of rotatable bonds is 13. The van der Waals surface area contributed by atoms with Crippen molar-refractivity contribution >= 4 is 47.0 Å². The first-order chi connectivity index (χ1) is 25.5. The van der Waals surface area contributed by atoms with E-state index in [0.29, 0.717) is 51.0 Å². The molecule has 0 saturated carbocycles. The highest BCUT2D eigenvalue weighted by Crippen LogP contribution is 2.42. The van der Waals surface area contributed by atoms with E-state index in [0.717, 1.165) is 0 Å². The molecule has 17 nitrogen and oxygen atoms in total. The molecule has 4 amide bonds. The molecule has 17 heteroatoms. The lowest BCUT2D eigenvalue weighted by Crippen LogP contribution is -2.37. The topological polar surface area (TPSA) is 224 Å². The van der Waals surface area contributed by atoms with Crippen molar-refractivity contribution in [1.82, 2.24) is 25.8 Å². The molecule has 1 heterocycles. The molecule has 282 valence electrons. The van der Waals surface area contributed by atoms with E-state index in [9.17, 15) is 29.1 Å². The summed E-state index contributed by atoms with van der Waals surface area (Å²) in [4.78, 5) is 58.2. The maximum absolute atomic E-state index is 12.2. The number of carbonyl (C=O) groups is 5. The van der Waals surface area contributed by atoms with Crippen molar-refractivity contribution in [3.05, 3.63) is 84.4 Å². The fourth-order valence-corrected chi connectivity index (χ4v) is 5.06. The number of fused-ring (bicyclic) bond motifs is 2. The highest BCUT2D eigenvalue weighted by molar-refractivity contribution is 6.07. The molecule has 0 atom stereocenters. The Morgan fingerprint density at radius 2 is 1.40 bits per heavy atom. The number of carboxylic acid groups (broad SMARTS) is 2. The fourth-order valence-electron chi connectivity index (χ4n) is 5.06. The van der Waals surface area contributed by atoms with Crippen molar-refractivity contribution in [1.29, 1.82) is 0 Å². The summed E-state index contributed by atoms with van der Waals surface area (Å²) < 4.78 is 23.9. The monoisotopic (exact) mass is 734 g/mol. The Hall–Kier alpha value is -6.78. The number of aromatic carboxylic acids is 1. The largest absolute Gasteiger partial charge is 0.545 e. The lowest BCUT2D eigenvalue weighted by molar-refractivity contribution is -0.254. The minimum atomic E-state index is -1.33. The molecule has 0 fully saturated rings. The maximum atomic E-state index is 12.2. The molecule has 0 unspecified atom stereocenters. The van der Waals surface area contributed by atoms with Gasteiger partial charge in [-0.3, -0.25) is 0 Å². The van der Waals surface area contributed by atoms with Gasteiger partial charge in [-0.2, -0.15) is 0 Å². The SMILES string of the molecule is C=CN(CCOC(=O)NC)c1ccc2c(-c3ccccc3C(=O)[O-])c3ccc(=[N+](CCOC(=O)NC)CCOC(=O)NC)cc-3oc2c1.CNC(=O)O. The van der Waals surface area contributed by atoms with E-state index in [-0.39, 0.29) is 38.5 Å². The molecule has 0 radical (unpaired) electrons. The van der Waals surface area contributed by atoms with Gasteiger partial charge in [0.15, 0.2) is 26.3 Å². The summed E-state index contributed by atoms with van der Waals surface area (Å²) in [5.74, 6) is -0.897. The summed E-state index contributed by atoms with van der Waals surface area (Å²) in [6, 6.07) is 17.5. The number of benzene rings is 3. The van der Waals surface area contributed by atoms with E-state index >= 15 is 0 Å². The van der Waals surface area contributed by atoms with E-state index < -0.39 is 30.3 Å². The fraction of sp³-hybridized carbons (Fsp3) is 0.278. The van der Waals surface area contributed by atoms with Crippen molar-refractivity contribution in [2.45, 2.75) is 0 Å². The number of nitrogens with zero attached hydrogens (tertiary/aromatic N) is 2. The molecule has 0 saturated heterocycles. The van der Waals surface area contributed by atoms with Crippen LogP contribution in [0.5, 0.6) is 0 Å². The predicted octanol–water partition coefficient (Wildman–Crippen LogP) is 2.24. The lowest BCUT2D eigenvalue weighted by atomic mass is 9.90. The number of amides is 4. The van der Waals surface area contributed by atoms with E-state index in [2.05, 4.69) is 22.5 Å². The van der Waals surface area contributed by atoms with Crippen molar-refractivity contribution < 1.29 is 52.8 Å². The second-order valence-electron chi connectivity index (χ2n) is 10.7. The van der Waals surface area contributed by atoms with Crippen molar-refractivity contribution in [3.8, 4) is 22.5 Å². The Bertz CT molecular complexity index is 1950. The highest BCUT2D eigenvalue weighted by atomic mass is 16.6. The third kappa shape index (κ3) is 11.4. The number of carboxylic acids is 1. The van der Waals surface area contributed by atoms with Crippen LogP contribution in [0.25, 0.3) is 33.4 Å². The quantitative estimate of drug-likeness (QED) is 0.0758. The first kappa shape index (κ1) is 40.6. The van der Waals surface area contributed by atoms with Crippen LogP contribution < -0.4 is 41.2 Å². The third-order valence-corrected chi connectivity index (χ3v) is 7.60. The average molecular weight is 735 g/mol. The summed E-state index contributed by atoms with van der Waals surface area (Å²) >= 11 is 0. The van der Waals surface area contributed by atoms with Gasteiger partial charge in [0.05, 0.1) is 18.6 Å². The summed E-state index contributed by atoms with van der Waals surface area (Å²) in [6.07, 6.45) is -1.13. The number of anilines is 1. The van der Waals surface area contributed by atoms with Crippen LogP contribution in [0.1, 0.15) is 10.4 Å². The van der Waals surface area contributed by atoms with Gasteiger partial charge >= 0.3 is 24.4 Å². The molecule has 5 N–H and O–H groups in total. The zero-order chi connectivity index (χ0) is 38.9. The third-order valence-electron chi connectivity index (χ3n) is 7.60. The first-order valence-electron chi connectivity index (χ1n) is 16.2. The first-order valence-corrected chi connectivity index (χ1v) is 16.2. The number of alkyl carbamates (subject to hydrolysis) is 3. The van der Waals surface area contributed by atoms with Crippen LogP contribution in [-0.4, -0.2) is 103 Å². The van der Waals surface area contributed by atoms with Crippen molar-refractivity contribution in [2.24, 2.45) is 0 Å². The van der Waals surface area contributed by atoms with Gasteiger partial charge in [0.2, 0.25) is 5.36 Å². The standard InChI is InChI=1S/C34H37N5O9.C2H5NO2/c1-5-38(14-17-45-32(42)35-2)22-10-12-26-28(20-22)48-29-21-23(39(15-18-46-33(43)36-3)16-19-47-34(44)37-4)11-13-27(29)30(26)24-8-6-7-9-25(24)31(40)41;1-3-2(4)5/h5-13,20-21H,1,14-19H2,2-4H3,(H3-,35,36,37,40,41,42,43,44);3H,1H3,(H,4,5). The zero-order valence-electron chi connectivity index (χ0n) is 29.7. The van der Waals surface area contributed by atoms with Gasteiger partial charge in [-0.25, -0.2) is 23.8 Å². The molecular weight excluding hydrogens is 692 g/mol. The van der Waals surface area contributed by atoms with Gasteiger partial charge < -0.3 is 59.8 Å². The predicted molar refractivity (Wildman–Crippen MR) is 193 cm³/mol. The van der Waals surface area contributed by atoms with Gasteiger partial charge in [0, 0.05) is 68.1 Å². The smallest absolute Gasteiger partial charge is 0.407 e. The van der Waals surface area contributed by atoms with Crippen molar-refractivity contribution in [2.75, 3.05) is 72.5 Å². The average Bonchev–Trinajstić information content (AvgIpc) is 3.17. The van der Waals surface area contributed by atoms with Crippen LogP contribution in [0.2, 0.25) is 0 Å². The minimum absolute atomic E-state index is 0.0119. The second-order valence-corrected chi connectivity index (χ2v) is 10.7. The minimum Gasteiger partial charge on any atom is -0.545 e. The van der Waals surface area contributed by atoms with Crippen LogP contribution >= 0.6 is 0 Å². The van der Waals surface area contributed by atoms with Gasteiger partial charge in [-0.1, -0.05) is 30.8 Å². The normalized spacial score (nSPS) is 10.2. The molecular formula is C36H42N6O11. The molecule has 2 aromatic rings. The Morgan fingerprint density at radius 1 is 0.811 bits per heavy atom. The second kappa shape index (κ2) is 20.2. The van der Waals surface area contributed by atoms with E-state index in [4.69, 9.17) is 23.7 Å². The maximum Gasteiger partial charge on any atom is 0.407 e. The van der Waals surface area contributed by atoms with Gasteiger partial charge in [0.25, 0.3) is 0 Å². The molecule has 0 bridgehead atoms. The molecule has 2 aromatic carbocycles. The van der Waals surface area contributed by atoms with Crippen LogP contribution in [0.4, 0.5) is 24.9 Å². The van der Waals surface area contributed by atoms with Crippen molar-refractivity contribution in [3.63, 3.8) is 0 Å². The highest BCUT2D eigenvalue weighted by Gasteiger charge is 2.22. The molecule has 2 aliphatic rings. The summed E-state index contributed by atoms with van der Waals surface area (Å²) in [6.45, 7) is 4.90. The van der Waals surface area contributed by atoms with Crippen LogP contribution in [0.15, 0.2) is 77.9 Å². The van der Waals surface area contributed by atoms with Crippen LogP contribution in [0.3, 0.4) is 0 Å².